The van der Waals surface area contributed by atoms with Gasteiger partial charge in [0.05, 0.1) is 19.3 Å². The molecule has 0 aromatic rings. The highest BCUT2D eigenvalue weighted by Crippen LogP contribution is 2.07. The summed E-state index contributed by atoms with van der Waals surface area (Å²) in [5.41, 5.74) is 5.44. The van der Waals surface area contributed by atoms with Crippen molar-refractivity contribution in [3.05, 3.63) is 0 Å². The fraction of sp³-hybridized carbons (Fsp3) is 0.867. The summed E-state index contributed by atoms with van der Waals surface area (Å²) in [5, 5.41) is 2.69. The minimum absolute atomic E-state index is 0.0107. The summed E-state index contributed by atoms with van der Waals surface area (Å²) >= 11 is 0. The summed E-state index contributed by atoms with van der Waals surface area (Å²) in [4.78, 5) is 25.3. The molecule has 0 bridgehead atoms. The average Bonchev–Trinajstić information content (AvgIpc) is 2.45. The summed E-state index contributed by atoms with van der Waals surface area (Å²) < 4.78 is 10.3. The molecule has 0 saturated carbocycles. The summed E-state index contributed by atoms with van der Waals surface area (Å²) in [5.74, 6) is -0.0107. The number of unbranched alkanes of at least 4 members (excludes halogenated alkanes) is 1. The van der Waals surface area contributed by atoms with Crippen molar-refractivity contribution in [2.75, 3.05) is 32.8 Å². The van der Waals surface area contributed by atoms with Crippen molar-refractivity contribution in [2.24, 2.45) is 5.73 Å². The lowest BCUT2D eigenvalue weighted by Gasteiger charge is -2.29. The van der Waals surface area contributed by atoms with Crippen LogP contribution < -0.4 is 11.1 Å². The van der Waals surface area contributed by atoms with Crippen LogP contribution in [0.15, 0.2) is 0 Å². The van der Waals surface area contributed by atoms with E-state index in [2.05, 4.69) is 5.32 Å². The quantitative estimate of drug-likeness (QED) is 0.709. The summed E-state index contributed by atoms with van der Waals surface area (Å²) in [7, 11) is 0. The lowest BCUT2D eigenvalue weighted by atomic mass is 10.1. The number of nitrogens with one attached hydrogen (secondary N) is 1. The highest BCUT2D eigenvalue weighted by atomic mass is 16.6. The number of nitrogens with zero attached hydrogens (tertiary/aromatic N) is 1. The minimum atomic E-state index is -0.489. The summed E-state index contributed by atoms with van der Waals surface area (Å²) in [6.07, 6.45) is 1.75. The van der Waals surface area contributed by atoms with Gasteiger partial charge in [0.1, 0.15) is 5.60 Å². The van der Waals surface area contributed by atoms with Crippen molar-refractivity contribution in [1.29, 1.82) is 0 Å². The Morgan fingerprint density at radius 1 is 1.27 bits per heavy atom. The van der Waals surface area contributed by atoms with Gasteiger partial charge in [-0.25, -0.2) is 4.79 Å². The SMILES string of the molecule is CC(C)(C)OC(=O)NCCCC[C@@H](N)C(=O)N1CCOCC1. The van der Waals surface area contributed by atoms with Gasteiger partial charge in [0.25, 0.3) is 0 Å². The van der Waals surface area contributed by atoms with Crippen molar-refractivity contribution in [1.82, 2.24) is 10.2 Å². The van der Waals surface area contributed by atoms with Gasteiger partial charge >= 0.3 is 6.09 Å². The van der Waals surface area contributed by atoms with Crippen LogP contribution in [0.2, 0.25) is 0 Å². The Hall–Kier alpha value is -1.34. The number of morpholine rings is 1. The van der Waals surface area contributed by atoms with Crippen LogP contribution in [-0.4, -0.2) is 61.4 Å². The first-order valence-corrected chi connectivity index (χ1v) is 7.88. The van der Waals surface area contributed by atoms with Crippen LogP contribution in [0.1, 0.15) is 40.0 Å². The first-order valence-electron chi connectivity index (χ1n) is 7.88. The molecule has 22 heavy (non-hydrogen) atoms. The first-order chi connectivity index (χ1) is 10.3. The van der Waals surface area contributed by atoms with E-state index in [0.29, 0.717) is 39.3 Å². The zero-order chi connectivity index (χ0) is 16.6. The highest BCUT2D eigenvalue weighted by molar-refractivity contribution is 5.81. The van der Waals surface area contributed by atoms with Crippen molar-refractivity contribution in [3.63, 3.8) is 0 Å². The van der Waals surface area contributed by atoms with Gasteiger partial charge < -0.3 is 25.4 Å². The maximum atomic E-state index is 12.1. The predicted molar refractivity (Wildman–Crippen MR) is 83.5 cm³/mol. The smallest absolute Gasteiger partial charge is 0.407 e. The molecule has 0 aromatic carbocycles. The molecule has 2 amide bonds. The zero-order valence-electron chi connectivity index (χ0n) is 13.9. The number of nitrogens with two attached hydrogens (primary N) is 1. The Morgan fingerprint density at radius 3 is 2.50 bits per heavy atom. The van der Waals surface area contributed by atoms with E-state index in [1.165, 1.54) is 0 Å². The third-order valence-electron chi connectivity index (χ3n) is 3.25. The Labute approximate surface area is 132 Å². The molecule has 1 aliphatic heterocycles. The minimum Gasteiger partial charge on any atom is -0.444 e. The number of ether oxygens (including phenoxy) is 2. The van der Waals surface area contributed by atoms with Crippen LogP contribution in [0.5, 0.6) is 0 Å². The van der Waals surface area contributed by atoms with Gasteiger partial charge in [-0.05, 0) is 40.0 Å². The van der Waals surface area contributed by atoms with E-state index in [1.54, 1.807) is 4.90 Å². The second-order valence-electron chi connectivity index (χ2n) is 6.47. The number of hydrogen-bond donors (Lipinski definition) is 2. The molecular weight excluding hydrogens is 286 g/mol. The number of amides is 2. The van der Waals surface area contributed by atoms with Gasteiger partial charge in [0.2, 0.25) is 5.91 Å². The molecule has 1 aliphatic rings. The van der Waals surface area contributed by atoms with Gasteiger partial charge in [-0.1, -0.05) is 0 Å². The molecule has 0 aliphatic carbocycles. The average molecular weight is 315 g/mol. The predicted octanol–water partition coefficient (Wildman–Crippen LogP) is 0.868. The second-order valence-corrected chi connectivity index (χ2v) is 6.47. The molecular formula is C15H29N3O4. The van der Waals surface area contributed by atoms with E-state index in [1.807, 2.05) is 20.8 Å². The van der Waals surface area contributed by atoms with E-state index in [9.17, 15) is 9.59 Å². The van der Waals surface area contributed by atoms with E-state index >= 15 is 0 Å². The van der Waals surface area contributed by atoms with Gasteiger partial charge in [0.15, 0.2) is 0 Å². The normalized spacial score (nSPS) is 17.0. The molecule has 1 saturated heterocycles. The van der Waals surface area contributed by atoms with E-state index < -0.39 is 17.7 Å². The Bertz CT molecular complexity index is 362. The molecule has 7 nitrogen and oxygen atoms in total. The van der Waals surface area contributed by atoms with Gasteiger partial charge in [-0.15, -0.1) is 0 Å². The largest absolute Gasteiger partial charge is 0.444 e. The van der Waals surface area contributed by atoms with Crippen LogP contribution in [-0.2, 0) is 14.3 Å². The van der Waals surface area contributed by atoms with Crippen molar-refractivity contribution < 1.29 is 19.1 Å². The molecule has 1 fully saturated rings. The van der Waals surface area contributed by atoms with Crippen LogP contribution in [0.4, 0.5) is 4.79 Å². The Balaban J connectivity index is 2.10. The van der Waals surface area contributed by atoms with Crippen LogP contribution in [0.25, 0.3) is 0 Å². The van der Waals surface area contributed by atoms with Gasteiger partial charge in [-0.3, -0.25) is 4.79 Å². The molecule has 0 spiro atoms. The van der Waals surface area contributed by atoms with E-state index in [-0.39, 0.29) is 5.91 Å². The second kappa shape index (κ2) is 8.95. The number of carbonyl (C=O) groups excluding carboxylic acids is 2. The molecule has 1 heterocycles. The molecule has 3 N–H and O–H groups in total. The van der Waals surface area contributed by atoms with Gasteiger partial charge in [-0.2, -0.15) is 0 Å². The van der Waals surface area contributed by atoms with Gasteiger partial charge in [0, 0.05) is 19.6 Å². The molecule has 128 valence electrons. The molecule has 0 aromatic heterocycles. The van der Waals surface area contributed by atoms with Crippen molar-refractivity contribution >= 4 is 12.0 Å². The number of hydrogen-bond acceptors (Lipinski definition) is 5. The van der Waals surface area contributed by atoms with Crippen LogP contribution >= 0.6 is 0 Å². The van der Waals surface area contributed by atoms with Crippen LogP contribution in [0.3, 0.4) is 0 Å². The molecule has 7 heteroatoms. The number of alkyl carbamates (subject to hydrolysis) is 1. The molecule has 0 radical (unpaired) electrons. The maximum absolute atomic E-state index is 12.1. The van der Waals surface area contributed by atoms with E-state index in [4.69, 9.17) is 15.2 Å². The fourth-order valence-corrected chi connectivity index (χ4v) is 2.14. The summed E-state index contributed by atoms with van der Waals surface area (Å²) in [6.45, 7) is 8.39. The van der Waals surface area contributed by atoms with Crippen LogP contribution in [0, 0.1) is 0 Å². The van der Waals surface area contributed by atoms with Crippen molar-refractivity contribution in [3.8, 4) is 0 Å². The third-order valence-corrected chi connectivity index (χ3v) is 3.25. The number of rotatable bonds is 6. The molecule has 1 rings (SSSR count). The third kappa shape index (κ3) is 7.61. The zero-order valence-corrected chi connectivity index (χ0v) is 13.9. The lowest BCUT2D eigenvalue weighted by Crippen LogP contribution is -2.48. The Morgan fingerprint density at radius 2 is 1.91 bits per heavy atom. The fourth-order valence-electron chi connectivity index (χ4n) is 2.14. The number of carbonyl (C=O) groups is 2. The Kier molecular flexibility index (Phi) is 7.61. The summed E-state index contributed by atoms with van der Waals surface area (Å²) in [6, 6.07) is -0.473. The highest BCUT2D eigenvalue weighted by Gasteiger charge is 2.22. The maximum Gasteiger partial charge on any atom is 0.407 e. The monoisotopic (exact) mass is 315 g/mol. The van der Waals surface area contributed by atoms with Crippen molar-refractivity contribution in [2.45, 2.75) is 51.7 Å². The molecule has 0 unspecified atom stereocenters. The lowest BCUT2D eigenvalue weighted by molar-refractivity contribution is -0.136. The topological polar surface area (TPSA) is 93.9 Å². The standard InChI is InChI=1S/C15H29N3O4/c1-15(2,3)22-14(20)17-7-5-4-6-12(16)13(19)18-8-10-21-11-9-18/h12H,4-11,16H2,1-3H3,(H,17,20)/t12-/m1/s1. The molecule has 1 atom stereocenters. The van der Waals surface area contributed by atoms with E-state index in [0.717, 1.165) is 12.8 Å². The first kappa shape index (κ1) is 18.7.